The molecule has 0 N–H and O–H groups in total. The highest BCUT2D eigenvalue weighted by Gasteiger charge is 2.11. The molecule has 2 aromatic heterocycles. The summed E-state index contributed by atoms with van der Waals surface area (Å²) in [6.07, 6.45) is 10.1. The fourth-order valence-electron chi connectivity index (χ4n) is 2.70. The van der Waals surface area contributed by atoms with Crippen LogP contribution in [0.25, 0.3) is 0 Å². The van der Waals surface area contributed by atoms with E-state index in [4.69, 9.17) is 4.74 Å². The number of aromatic nitrogens is 2. The van der Waals surface area contributed by atoms with E-state index in [1.807, 2.05) is 50.6 Å². The molecule has 0 radical (unpaired) electrons. The van der Waals surface area contributed by atoms with Gasteiger partial charge in [-0.05, 0) is 50.5 Å². The lowest BCUT2D eigenvalue weighted by Gasteiger charge is -2.23. The summed E-state index contributed by atoms with van der Waals surface area (Å²) in [6.45, 7) is 5.22. The van der Waals surface area contributed by atoms with Crippen LogP contribution in [0.5, 0.6) is 0 Å². The molecule has 5 nitrogen and oxygen atoms in total. The van der Waals surface area contributed by atoms with Gasteiger partial charge in [-0.1, -0.05) is 18.9 Å². The zero-order valence-corrected chi connectivity index (χ0v) is 15.1. The molecule has 0 aliphatic heterocycles. The Balaban J connectivity index is 1.87. The highest BCUT2D eigenvalue weighted by atomic mass is 16.5. The Labute approximate surface area is 150 Å². The van der Waals surface area contributed by atoms with Gasteiger partial charge >= 0.3 is 5.97 Å². The van der Waals surface area contributed by atoms with Crippen LogP contribution in [0.15, 0.2) is 42.9 Å². The largest absolute Gasteiger partial charge is 0.466 e. The average molecular weight is 341 g/mol. The highest BCUT2D eigenvalue weighted by Crippen LogP contribution is 2.24. The summed E-state index contributed by atoms with van der Waals surface area (Å²) < 4.78 is 4.95. The van der Waals surface area contributed by atoms with Crippen molar-refractivity contribution >= 4 is 17.5 Å². The molecular weight excluding hydrogens is 314 g/mol. The maximum Gasteiger partial charge on any atom is 0.305 e. The Morgan fingerprint density at radius 2 is 2.00 bits per heavy atom. The Morgan fingerprint density at radius 1 is 1.16 bits per heavy atom. The van der Waals surface area contributed by atoms with Crippen molar-refractivity contribution in [1.29, 1.82) is 0 Å². The zero-order valence-electron chi connectivity index (χ0n) is 15.1. The third-order valence-corrected chi connectivity index (χ3v) is 3.92. The number of carbonyl (C=O) groups is 1. The minimum absolute atomic E-state index is 0.0940. The first-order chi connectivity index (χ1) is 12.2. The quantitative estimate of drug-likeness (QED) is 0.472. The fourth-order valence-corrected chi connectivity index (χ4v) is 2.70. The third kappa shape index (κ3) is 6.53. The highest BCUT2D eigenvalue weighted by molar-refractivity contribution is 5.69. The van der Waals surface area contributed by atoms with Crippen LogP contribution < -0.4 is 4.90 Å². The normalized spacial score (nSPS) is 10.5. The molecule has 0 amide bonds. The van der Waals surface area contributed by atoms with Gasteiger partial charge in [-0.3, -0.25) is 9.78 Å². The average Bonchev–Trinajstić information content (AvgIpc) is 2.62. The van der Waals surface area contributed by atoms with Crippen LogP contribution in [0, 0.1) is 6.92 Å². The van der Waals surface area contributed by atoms with Crippen molar-refractivity contribution in [3.8, 4) is 0 Å². The molecule has 0 bridgehead atoms. The number of ether oxygens (including phenoxy) is 1. The topological polar surface area (TPSA) is 55.3 Å². The van der Waals surface area contributed by atoms with Crippen molar-refractivity contribution in [3.05, 3.63) is 48.4 Å². The molecule has 134 valence electrons. The van der Waals surface area contributed by atoms with Gasteiger partial charge in [0.05, 0.1) is 18.5 Å². The third-order valence-electron chi connectivity index (χ3n) is 3.92. The molecule has 2 rings (SSSR count). The van der Waals surface area contributed by atoms with E-state index in [1.54, 1.807) is 0 Å². The number of pyridine rings is 2. The molecule has 0 saturated heterocycles. The van der Waals surface area contributed by atoms with Gasteiger partial charge in [0.2, 0.25) is 0 Å². The van der Waals surface area contributed by atoms with E-state index in [9.17, 15) is 4.79 Å². The van der Waals surface area contributed by atoms with E-state index in [2.05, 4.69) is 20.9 Å². The van der Waals surface area contributed by atoms with Crippen LogP contribution in [0.3, 0.4) is 0 Å². The SMILES string of the molecule is CCOC(=O)CCCCCCN(c1cncc(C)c1)c1ccccn1. The van der Waals surface area contributed by atoms with Gasteiger partial charge in [0.15, 0.2) is 0 Å². The number of aryl methyl sites for hydroxylation is 1. The predicted octanol–water partition coefficient (Wildman–Crippen LogP) is 4.44. The monoisotopic (exact) mass is 341 g/mol. The molecular formula is C20H27N3O2. The Morgan fingerprint density at radius 3 is 2.72 bits per heavy atom. The molecule has 0 saturated carbocycles. The second-order valence-electron chi connectivity index (χ2n) is 6.03. The molecule has 5 heteroatoms. The summed E-state index contributed by atoms with van der Waals surface area (Å²) in [5.41, 5.74) is 2.19. The van der Waals surface area contributed by atoms with E-state index in [0.717, 1.165) is 49.3 Å². The Bertz CT molecular complexity index is 646. The number of unbranched alkanes of at least 4 members (excludes halogenated alkanes) is 3. The molecule has 0 fully saturated rings. The van der Waals surface area contributed by atoms with Crippen molar-refractivity contribution in [1.82, 2.24) is 9.97 Å². The van der Waals surface area contributed by atoms with Crippen LogP contribution in [-0.2, 0) is 9.53 Å². The second-order valence-corrected chi connectivity index (χ2v) is 6.03. The van der Waals surface area contributed by atoms with Crippen LogP contribution in [-0.4, -0.2) is 29.1 Å². The lowest BCUT2D eigenvalue weighted by molar-refractivity contribution is -0.143. The van der Waals surface area contributed by atoms with Crippen LogP contribution in [0.4, 0.5) is 11.5 Å². The van der Waals surface area contributed by atoms with Gasteiger partial charge in [0.1, 0.15) is 5.82 Å². The summed E-state index contributed by atoms with van der Waals surface area (Å²) in [6, 6.07) is 8.06. The smallest absolute Gasteiger partial charge is 0.305 e. The summed E-state index contributed by atoms with van der Waals surface area (Å²) in [5, 5.41) is 0. The van der Waals surface area contributed by atoms with Crippen molar-refractivity contribution in [3.63, 3.8) is 0 Å². The first-order valence-corrected chi connectivity index (χ1v) is 8.96. The van der Waals surface area contributed by atoms with Crippen LogP contribution in [0.2, 0.25) is 0 Å². The number of carbonyl (C=O) groups excluding carboxylic acids is 1. The Kier molecular flexibility index (Phi) is 7.89. The van der Waals surface area contributed by atoms with E-state index in [0.29, 0.717) is 13.0 Å². The predicted molar refractivity (Wildman–Crippen MR) is 99.9 cm³/mol. The van der Waals surface area contributed by atoms with Gasteiger partial charge in [-0.15, -0.1) is 0 Å². The van der Waals surface area contributed by atoms with Crippen molar-refractivity contribution in [2.75, 3.05) is 18.1 Å². The van der Waals surface area contributed by atoms with Crippen LogP contribution >= 0.6 is 0 Å². The first kappa shape index (κ1) is 18.9. The number of hydrogen-bond acceptors (Lipinski definition) is 5. The summed E-state index contributed by atoms with van der Waals surface area (Å²) in [5.74, 6) is 0.838. The molecule has 0 atom stereocenters. The number of hydrogen-bond donors (Lipinski definition) is 0. The molecule has 2 aromatic rings. The summed E-state index contributed by atoms with van der Waals surface area (Å²) >= 11 is 0. The maximum atomic E-state index is 11.3. The molecule has 0 aliphatic carbocycles. The molecule has 25 heavy (non-hydrogen) atoms. The van der Waals surface area contributed by atoms with E-state index >= 15 is 0 Å². The van der Waals surface area contributed by atoms with Gasteiger partial charge in [0.25, 0.3) is 0 Å². The van der Waals surface area contributed by atoms with Gasteiger partial charge in [-0.2, -0.15) is 0 Å². The zero-order chi connectivity index (χ0) is 17.9. The van der Waals surface area contributed by atoms with E-state index < -0.39 is 0 Å². The molecule has 0 aliphatic rings. The van der Waals surface area contributed by atoms with Gasteiger partial charge in [-0.25, -0.2) is 4.98 Å². The van der Waals surface area contributed by atoms with Crippen molar-refractivity contribution in [2.24, 2.45) is 0 Å². The standard InChI is InChI=1S/C20H27N3O2/c1-3-25-20(24)11-6-4-5-9-13-23(19-10-7-8-12-22-19)18-14-17(2)15-21-16-18/h7-8,10,12,14-16H,3-6,9,11,13H2,1-2H3. The van der Waals surface area contributed by atoms with E-state index in [-0.39, 0.29) is 5.97 Å². The fraction of sp³-hybridized carbons (Fsp3) is 0.450. The number of nitrogens with zero attached hydrogens (tertiary/aromatic N) is 3. The Hall–Kier alpha value is -2.43. The minimum Gasteiger partial charge on any atom is -0.466 e. The van der Waals surface area contributed by atoms with Crippen molar-refractivity contribution in [2.45, 2.75) is 46.0 Å². The lowest BCUT2D eigenvalue weighted by atomic mass is 10.1. The molecule has 0 unspecified atom stereocenters. The number of anilines is 2. The lowest BCUT2D eigenvalue weighted by Crippen LogP contribution is -2.19. The van der Waals surface area contributed by atoms with Gasteiger partial charge in [0, 0.05) is 25.4 Å². The summed E-state index contributed by atoms with van der Waals surface area (Å²) in [7, 11) is 0. The summed E-state index contributed by atoms with van der Waals surface area (Å²) in [4.78, 5) is 22.3. The van der Waals surface area contributed by atoms with E-state index in [1.165, 1.54) is 0 Å². The first-order valence-electron chi connectivity index (χ1n) is 8.96. The van der Waals surface area contributed by atoms with Gasteiger partial charge < -0.3 is 9.64 Å². The van der Waals surface area contributed by atoms with Crippen molar-refractivity contribution < 1.29 is 9.53 Å². The minimum atomic E-state index is -0.0940. The van der Waals surface area contributed by atoms with Crippen LogP contribution in [0.1, 0.15) is 44.6 Å². The molecule has 0 spiro atoms. The number of esters is 1. The maximum absolute atomic E-state index is 11.3. The molecule has 0 aromatic carbocycles. The molecule has 2 heterocycles. The number of rotatable bonds is 10. The second kappa shape index (κ2) is 10.4.